The van der Waals surface area contributed by atoms with Crippen molar-refractivity contribution in [3.63, 3.8) is 0 Å². The molecule has 0 bridgehead atoms. The third-order valence-corrected chi connectivity index (χ3v) is 2.19. The van der Waals surface area contributed by atoms with E-state index in [4.69, 9.17) is 5.73 Å². The zero-order chi connectivity index (χ0) is 11.3. The molecular weight excluding hydrogens is 190 g/mol. The van der Waals surface area contributed by atoms with Crippen molar-refractivity contribution in [1.82, 2.24) is 0 Å². The Kier molecular flexibility index (Phi) is 4.06. The molecule has 1 atom stereocenters. The summed E-state index contributed by atoms with van der Waals surface area (Å²) < 4.78 is 4.68. The van der Waals surface area contributed by atoms with Gasteiger partial charge in [-0.3, -0.25) is 0 Å². The van der Waals surface area contributed by atoms with Gasteiger partial charge in [0.25, 0.3) is 0 Å². The Balaban J connectivity index is 3.05. The fourth-order valence-electron chi connectivity index (χ4n) is 1.42. The second-order valence-corrected chi connectivity index (χ2v) is 3.21. The molecule has 1 aromatic rings. The van der Waals surface area contributed by atoms with Crippen molar-refractivity contribution in [2.24, 2.45) is 5.73 Å². The largest absolute Gasteiger partial charge is 0.465 e. The van der Waals surface area contributed by atoms with Crippen LogP contribution < -0.4 is 5.73 Å². The molecule has 1 aromatic carbocycles. The first-order valence-electron chi connectivity index (χ1n) is 4.74. The van der Waals surface area contributed by atoms with E-state index in [1.165, 1.54) is 7.11 Å². The third kappa shape index (κ3) is 2.67. The smallest absolute Gasteiger partial charge is 0.338 e. The summed E-state index contributed by atoms with van der Waals surface area (Å²) in [5.74, 6) is -0.356. The van der Waals surface area contributed by atoms with Crippen LogP contribution in [-0.2, 0) is 4.74 Å². The number of carbonyl (C=O) groups is 1. The Hall–Kier alpha value is -1.61. The second kappa shape index (κ2) is 5.32. The van der Waals surface area contributed by atoms with Crippen LogP contribution in [0.2, 0.25) is 0 Å². The zero-order valence-corrected chi connectivity index (χ0v) is 8.77. The van der Waals surface area contributed by atoms with Crippen LogP contribution in [0.25, 0.3) is 0 Å². The van der Waals surface area contributed by atoms with Crippen LogP contribution in [0.1, 0.15) is 28.4 Å². The van der Waals surface area contributed by atoms with Crippen molar-refractivity contribution in [2.45, 2.75) is 12.5 Å². The summed E-state index contributed by atoms with van der Waals surface area (Å²) in [5, 5.41) is 0. The molecule has 3 heteroatoms. The van der Waals surface area contributed by atoms with E-state index < -0.39 is 0 Å². The van der Waals surface area contributed by atoms with Gasteiger partial charge in [0.1, 0.15) is 0 Å². The molecule has 0 aliphatic heterocycles. The zero-order valence-electron chi connectivity index (χ0n) is 8.77. The predicted molar refractivity (Wildman–Crippen MR) is 59.5 cm³/mol. The molecule has 0 heterocycles. The van der Waals surface area contributed by atoms with Crippen molar-refractivity contribution in [2.75, 3.05) is 7.11 Å². The maximum absolute atomic E-state index is 11.4. The van der Waals surface area contributed by atoms with Crippen LogP contribution in [0.5, 0.6) is 0 Å². The monoisotopic (exact) mass is 205 g/mol. The molecule has 0 amide bonds. The average Bonchev–Trinajstić information content (AvgIpc) is 2.28. The summed E-state index contributed by atoms with van der Waals surface area (Å²) in [4.78, 5) is 11.4. The number of ether oxygens (including phenoxy) is 1. The molecule has 80 valence electrons. The molecule has 0 aromatic heterocycles. The van der Waals surface area contributed by atoms with Crippen molar-refractivity contribution >= 4 is 5.97 Å². The Labute approximate surface area is 89.5 Å². The average molecular weight is 205 g/mol. The molecule has 1 rings (SSSR count). The van der Waals surface area contributed by atoms with Gasteiger partial charge in [0.05, 0.1) is 12.7 Å². The minimum Gasteiger partial charge on any atom is -0.465 e. The maximum atomic E-state index is 11.4. The van der Waals surface area contributed by atoms with Gasteiger partial charge in [0.2, 0.25) is 0 Å². The van der Waals surface area contributed by atoms with E-state index in [1.54, 1.807) is 18.2 Å². The van der Waals surface area contributed by atoms with Crippen LogP contribution in [0.15, 0.2) is 36.9 Å². The van der Waals surface area contributed by atoms with Crippen molar-refractivity contribution in [3.8, 4) is 0 Å². The number of methoxy groups -OCH3 is 1. The summed E-state index contributed by atoms with van der Waals surface area (Å²) in [5.41, 5.74) is 7.24. The fourth-order valence-corrected chi connectivity index (χ4v) is 1.42. The number of benzene rings is 1. The molecule has 0 aliphatic rings. The highest BCUT2D eigenvalue weighted by molar-refractivity contribution is 5.91. The SMILES string of the molecule is C=CC[C@H](N)c1ccccc1C(=O)OC. The highest BCUT2D eigenvalue weighted by Crippen LogP contribution is 2.19. The van der Waals surface area contributed by atoms with Crippen LogP contribution in [0, 0.1) is 0 Å². The first kappa shape index (κ1) is 11.5. The summed E-state index contributed by atoms with van der Waals surface area (Å²) in [6.07, 6.45) is 2.37. The molecule has 0 saturated carbocycles. The number of hydrogen-bond acceptors (Lipinski definition) is 3. The second-order valence-electron chi connectivity index (χ2n) is 3.21. The fraction of sp³-hybridized carbons (Fsp3) is 0.250. The quantitative estimate of drug-likeness (QED) is 0.604. The first-order valence-corrected chi connectivity index (χ1v) is 4.74. The lowest BCUT2D eigenvalue weighted by Gasteiger charge is -2.13. The van der Waals surface area contributed by atoms with Gasteiger partial charge in [0.15, 0.2) is 0 Å². The summed E-state index contributed by atoms with van der Waals surface area (Å²) in [6, 6.07) is 6.98. The van der Waals surface area contributed by atoms with Crippen molar-refractivity contribution in [3.05, 3.63) is 48.0 Å². The number of rotatable bonds is 4. The molecule has 3 nitrogen and oxygen atoms in total. The number of esters is 1. The maximum Gasteiger partial charge on any atom is 0.338 e. The normalized spacial score (nSPS) is 11.9. The van der Waals surface area contributed by atoms with Gasteiger partial charge < -0.3 is 10.5 Å². The third-order valence-electron chi connectivity index (χ3n) is 2.19. The summed E-state index contributed by atoms with van der Waals surface area (Å²) in [6.45, 7) is 3.62. The van der Waals surface area contributed by atoms with Gasteiger partial charge >= 0.3 is 5.97 Å². The minimum atomic E-state index is -0.356. The lowest BCUT2D eigenvalue weighted by Crippen LogP contribution is -2.15. The first-order chi connectivity index (χ1) is 7.20. The molecule has 15 heavy (non-hydrogen) atoms. The van der Waals surface area contributed by atoms with E-state index in [0.29, 0.717) is 12.0 Å². The lowest BCUT2D eigenvalue weighted by atomic mass is 9.99. The lowest BCUT2D eigenvalue weighted by molar-refractivity contribution is 0.0599. The molecular formula is C12H15NO2. The molecule has 0 aliphatic carbocycles. The van der Waals surface area contributed by atoms with E-state index in [0.717, 1.165) is 5.56 Å². The molecule has 0 fully saturated rings. The Bertz CT molecular complexity index is 360. The minimum absolute atomic E-state index is 0.210. The van der Waals surface area contributed by atoms with Crippen LogP contribution in [0.4, 0.5) is 0 Å². The number of nitrogens with two attached hydrogens (primary N) is 1. The van der Waals surface area contributed by atoms with Crippen LogP contribution in [-0.4, -0.2) is 13.1 Å². The summed E-state index contributed by atoms with van der Waals surface area (Å²) in [7, 11) is 1.36. The number of hydrogen-bond donors (Lipinski definition) is 1. The molecule has 0 radical (unpaired) electrons. The van der Waals surface area contributed by atoms with E-state index in [9.17, 15) is 4.79 Å². The highest BCUT2D eigenvalue weighted by atomic mass is 16.5. The van der Waals surface area contributed by atoms with Gasteiger partial charge in [0, 0.05) is 6.04 Å². The van der Waals surface area contributed by atoms with Gasteiger partial charge in [-0.25, -0.2) is 4.79 Å². The van der Waals surface area contributed by atoms with E-state index in [-0.39, 0.29) is 12.0 Å². The van der Waals surface area contributed by atoms with Gasteiger partial charge in [-0.2, -0.15) is 0 Å². The van der Waals surface area contributed by atoms with E-state index in [2.05, 4.69) is 11.3 Å². The Morgan fingerprint density at radius 1 is 1.60 bits per heavy atom. The van der Waals surface area contributed by atoms with Gasteiger partial charge in [-0.15, -0.1) is 6.58 Å². The standard InChI is InChI=1S/C12H15NO2/c1-3-6-11(13)9-7-4-5-8-10(9)12(14)15-2/h3-5,7-8,11H,1,6,13H2,2H3/t11-/m0/s1. The van der Waals surface area contributed by atoms with E-state index >= 15 is 0 Å². The topological polar surface area (TPSA) is 52.3 Å². The molecule has 0 unspecified atom stereocenters. The van der Waals surface area contributed by atoms with Gasteiger partial charge in [-0.05, 0) is 18.1 Å². The summed E-state index contributed by atoms with van der Waals surface area (Å²) >= 11 is 0. The number of carbonyl (C=O) groups excluding carboxylic acids is 1. The molecule has 0 spiro atoms. The van der Waals surface area contributed by atoms with E-state index in [1.807, 2.05) is 12.1 Å². The Morgan fingerprint density at radius 3 is 2.87 bits per heavy atom. The predicted octanol–water partition coefficient (Wildman–Crippen LogP) is 2.05. The van der Waals surface area contributed by atoms with Crippen LogP contribution >= 0.6 is 0 Å². The van der Waals surface area contributed by atoms with Gasteiger partial charge in [-0.1, -0.05) is 24.3 Å². The highest BCUT2D eigenvalue weighted by Gasteiger charge is 2.14. The van der Waals surface area contributed by atoms with Crippen molar-refractivity contribution in [1.29, 1.82) is 0 Å². The van der Waals surface area contributed by atoms with Crippen molar-refractivity contribution < 1.29 is 9.53 Å². The molecule has 0 saturated heterocycles. The Morgan fingerprint density at radius 2 is 2.27 bits per heavy atom. The molecule has 2 N–H and O–H groups in total. The van der Waals surface area contributed by atoms with Crippen LogP contribution in [0.3, 0.4) is 0 Å².